The summed E-state index contributed by atoms with van der Waals surface area (Å²) >= 11 is 0. The van der Waals surface area contributed by atoms with Gasteiger partial charge in [0.25, 0.3) is 0 Å². The fourth-order valence-electron chi connectivity index (χ4n) is 3.25. The number of aromatic nitrogens is 2. The molecule has 2 aliphatic rings. The topological polar surface area (TPSA) is 88.7 Å². The minimum absolute atomic E-state index is 0.0528. The molecule has 0 radical (unpaired) electrons. The Morgan fingerprint density at radius 1 is 1.57 bits per heavy atom. The second kappa shape index (κ2) is 5.38. The van der Waals surface area contributed by atoms with Crippen molar-refractivity contribution in [1.29, 1.82) is 0 Å². The van der Waals surface area contributed by atoms with E-state index in [4.69, 9.17) is 9.26 Å². The number of carboxylic acid groups (broad SMARTS) is 1. The zero-order valence-electron chi connectivity index (χ0n) is 12.4. The average Bonchev–Trinajstić information content (AvgIpc) is 3.03. The van der Waals surface area contributed by atoms with Crippen molar-refractivity contribution in [2.75, 3.05) is 26.3 Å². The third-order valence-electron chi connectivity index (χ3n) is 4.33. The molecule has 0 unspecified atom stereocenters. The molecule has 1 aromatic rings. The molecule has 1 N–H and O–H groups in total. The van der Waals surface area contributed by atoms with Gasteiger partial charge in [-0.05, 0) is 5.92 Å². The Hall–Kier alpha value is -1.47. The number of fused-ring (bicyclic) bond motifs is 1. The maximum atomic E-state index is 11.6. The monoisotopic (exact) mass is 295 g/mol. The van der Waals surface area contributed by atoms with Crippen LogP contribution in [0.5, 0.6) is 0 Å². The fraction of sp³-hybridized carbons (Fsp3) is 0.786. The highest BCUT2D eigenvalue weighted by atomic mass is 16.5. The molecule has 0 aromatic carbocycles. The van der Waals surface area contributed by atoms with Crippen molar-refractivity contribution in [3.63, 3.8) is 0 Å². The molecule has 116 valence electrons. The molecule has 21 heavy (non-hydrogen) atoms. The summed E-state index contributed by atoms with van der Waals surface area (Å²) in [5, 5.41) is 13.5. The van der Waals surface area contributed by atoms with Gasteiger partial charge in [0, 0.05) is 25.4 Å². The largest absolute Gasteiger partial charge is 0.481 e. The molecule has 3 heterocycles. The van der Waals surface area contributed by atoms with Crippen molar-refractivity contribution in [3.05, 3.63) is 11.7 Å². The van der Waals surface area contributed by atoms with Crippen LogP contribution in [0.1, 0.15) is 25.6 Å². The van der Waals surface area contributed by atoms with Crippen LogP contribution in [-0.2, 0) is 22.5 Å². The first-order chi connectivity index (χ1) is 9.99. The van der Waals surface area contributed by atoms with Crippen molar-refractivity contribution in [3.8, 4) is 0 Å². The Morgan fingerprint density at radius 2 is 2.38 bits per heavy atom. The molecule has 2 aliphatic heterocycles. The third kappa shape index (κ3) is 2.67. The molecule has 7 nitrogen and oxygen atoms in total. The van der Waals surface area contributed by atoms with E-state index in [-0.39, 0.29) is 5.92 Å². The quantitative estimate of drug-likeness (QED) is 0.859. The first-order valence-electron chi connectivity index (χ1n) is 7.34. The van der Waals surface area contributed by atoms with Crippen molar-refractivity contribution in [2.24, 2.45) is 17.3 Å². The molecular weight excluding hydrogens is 274 g/mol. The highest BCUT2D eigenvalue weighted by Gasteiger charge is 2.56. The Bertz CT molecular complexity index is 530. The Kier molecular flexibility index (Phi) is 3.71. The van der Waals surface area contributed by atoms with Gasteiger partial charge in [-0.15, -0.1) is 0 Å². The predicted octanol–water partition coefficient (Wildman–Crippen LogP) is 0.801. The molecule has 3 rings (SSSR count). The van der Waals surface area contributed by atoms with E-state index in [0.717, 1.165) is 6.42 Å². The number of hydrogen-bond donors (Lipinski definition) is 1. The minimum Gasteiger partial charge on any atom is -0.481 e. The number of likely N-dealkylation sites (tertiary alicyclic amines) is 1. The fourth-order valence-corrected chi connectivity index (χ4v) is 3.25. The van der Waals surface area contributed by atoms with Crippen LogP contribution in [0.4, 0.5) is 0 Å². The minimum atomic E-state index is -0.763. The van der Waals surface area contributed by atoms with Gasteiger partial charge in [-0.25, -0.2) is 0 Å². The van der Waals surface area contributed by atoms with Crippen LogP contribution in [0, 0.1) is 17.3 Å². The van der Waals surface area contributed by atoms with E-state index >= 15 is 0 Å². The molecule has 0 bridgehead atoms. The highest BCUT2D eigenvalue weighted by Crippen LogP contribution is 2.41. The lowest BCUT2D eigenvalue weighted by Crippen LogP contribution is -2.38. The lowest BCUT2D eigenvalue weighted by Gasteiger charge is -2.21. The molecule has 0 amide bonds. The van der Waals surface area contributed by atoms with Crippen molar-refractivity contribution < 1.29 is 19.2 Å². The molecule has 2 atom stereocenters. The summed E-state index contributed by atoms with van der Waals surface area (Å²) in [4.78, 5) is 18.0. The number of ether oxygens (including phenoxy) is 1. The van der Waals surface area contributed by atoms with Crippen LogP contribution in [0.25, 0.3) is 0 Å². The maximum Gasteiger partial charge on any atom is 0.313 e. The van der Waals surface area contributed by atoms with E-state index in [1.165, 1.54) is 0 Å². The highest BCUT2D eigenvalue weighted by molar-refractivity contribution is 5.76. The molecule has 2 saturated heterocycles. The van der Waals surface area contributed by atoms with E-state index < -0.39 is 11.4 Å². The number of aliphatic carboxylic acids is 1. The molecule has 1 aromatic heterocycles. The number of carbonyl (C=O) groups is 1. The van der Waals surface area contributed by atoms with Gasteiger partial charge >= 0.3 is 5.97 Å². The zero-order chi connectivity index (χ0) is 15.0. The number of nitrogens with zero attached hydrogens (tertiary/aromatic N) is 3. The molecule has 0 spiro atoms. The predicted molar refractivity (Wildman–Crippen MR) is 72.5 cm³/mol. The van der Waals surface area contributed by atoms with Crippen LogP contribution in [-0.4, -0.2) is 52.4 Å². The zero-order valence-corrected chi connectivity index (χ0v) is 12.4. The van der Waals surface area contributed by atoms with Crippen molar-refractivity contribution in [1.82, 2.24) is 15.0 Å². The second-order valence-corrected chi connectivity index (χ2v) is 6.55. The van der Waals surface area contributed by atoms with Crippen LogP contribution in [0.2, 0.25) is 0 Å². The standard InChI is InChI=1S/C14H21N3O4/c1-9(2)3-12-15-11(16-21-12)5-17-4-10-6-20-8-14(10,7-17)13(18)19/h9-10H,3-8H2,1-2H3,(H,18,19)/t10-,14-/m1/s1. The lowest BCUT2D eigenvalue weighted by atomic mass is 9.81. The summed E-state index contributed by atoms with van der Waals surface area (Å²) in [7, 11) is 0. The Morgan fingerprint density at radius 3 is 3.05 bits per heavy atom. The van der Waals surface area contributed by atoms with E-state index in [2.05, 4.69) is 28.9 Å². The van der Waals surface area contributed by atoms with E-state index in [1.54, 1.807) is 0 Å². The number of rotatable bonds is 5. The van der Waals surface area contributed by atoms with Crippen LogP contribution in [0.15, 0.2) is 4.52 Å². The summed E-state index contributed by atoms with van der Waals surface area (Å²) < 4.78 is 10.6. The van der Waals surface area contributed by atoms with Crippen LogP contribution in [0.3, 0.4) is 0 Å². The van der Waals surface area contributed by atoms with Gasteiger partial charge in [0.2, 0.25) is 5.89 Å². The lowest BCUT2D eigenvalue weighted by molar-refractivity contribution is -0.149. The molecule has 7 heteroatoms. The van der Waals surface area contributed by atoms with Crippen LogP contribution < -0.4 is 0 Å². The van der Waals surface area contributed by atoms with Gasteiger partial charge < -0.3 is 14.4 Å². The van der Waals surface area contributed by atoms with Gasteiger partial charge in [-0.2, -0.15) is 4.98 Å². The Balaban J connectivity index is 1.65. The molecule has 0 saturated carbocycles. The van der Waals surface area contributed by atoms with E-state index in [9.17, 15) is 9.90 Å². The maximum absolute atomic E-state index is 11.6. The van der Waals surface area contributed by atoms with Crippen molar-refractivity contribution >= 4 is 5.97 Å². The van der Waals surface area contributed by atoms with Crippen molar-refractivity contribution in [2.45, 2.75) is 26.8 Å². The summed E-state index contributed by atoms with van der Waals surface area (Å²) in [5.41, 5.74) is -0.759. The summed E-state index contributed by atoms with van der Waals surface area (Å²) in [6.07, 6.45) is 0.766. The second-order valence-electron chi connectivity index (χ2n) is 6.55. The normalized spacial score (nSPS) is 29.2. The average molecular weight is 295 g/mol. The van der Waals surface area contributed by atoms with Crippen LogP contribution >= 0.6 is 0 Å². The third-order valence-corrected chi connectivity index (χ3v) is 4.33. The molecular formula is C14H21N3O4. The molecule has 0 aliphatic carbocycles. The Labute approximate surface area is 123 Å². The van der Waals surface area contributed by atoms with Gasteiger partial charge in [0.1, 0.15) is 5.41 Å². The first-order valence-corrected chi connectivity index (χ1v) is 7.34. The number of carboxylic acids is 1. The van der Waals surface area contributed by atoms with E-state index in [1.807, 2.05) is 0 Å². The summed E-state index contributed by atoms with van der Waals surface area (Å²) in [5.74, 6) is 1.04. The van der Waals surface area contributed by atoms with Gasteiger partial charge in [0.15, 0.2) is 5.82 Å². The summed E-state index contributed by atoms with van der Waals surface area (Å²) in [6, 6.07) is 0. The van der Waals surface area contributed by atoms with E-state index in [0.29, 0.717) is 50.5 Å². The first kappa shape index (κ1) is 14.5. The molecule has 2 fully saturated rings. The smallest absolute Gasteiger partial charge is 0.313 e. The number of hydrogen-bond acceptors (Lipinski definition) is 6. The van der Waals surface area contributed by atoms with Gasteiger partial charge in [-0.1, -0.05) is 19.0 Å². The van der Waals surface area contributed by atoms with Gasteiger partial charge in [0.05, 0.1) is 19.8 Å². The summed E-state index contributed by atoms with van der Waals surface area (Å²) in [6.45, 7) is 6.75. The van der Waals surface area contributed by atoms with Gasteiger partial charge in [-0.3, -0.25) is 9.69 Å². The SMILES string of the molecule is CC(C)Cc1nc(CN2C[C@@H]3COC[C@]3(C(=O)O)C2)no1.